The topological polar surface area (TPSA) is 119 Å². The van der Waals surface area contributed by atoms with Crippen LogP contribution < -0.4 is 16.6 Å². The largest absolute Gasteiger partial charge is 0.439 e. The molecule has 0 aliphatic carbocycles. The lowest BCUT2D eigenvalue weighted by molar-refractivity contribution is 0.388. The van der Waals surface area contributed by atoms with Gasteiger partial charge in [-0.1, -0.05) is 73.1 Å². The average molecular weight is 509 g/mol. The van der Waals surface area contributed by atoms with E-state index < -0.39 is 5.76 Å². The molecule has 9 heteroatoms. The molecule has 9 nitrogen and oxygen atoms in total. The Hall–Kier alpha value is -4.79. The summed E-state index contributed by atoms with van der Waals surface area (Å²) in [6.45, 7) is 2.42. The zero-order valence-corrected chi connectivity index (χ0v) is 21.3. The number of hydrogen-bond donors (Lipinski definition) is 2. The SMILES string of the molecule is CCCc1nc(NC)n(Cc2ccccn2)c(=O)c1Cc1ccc(-c2ccccc2-c2noc(=O)[nH]2)cc1. The molecular weight excluding hydrogens is 480 g/mol. The van der Waals surface area contributed by atoms with E-state index in [1.54, 1.807) is 17.8 Å². The first kappa shape index (κ1) is 24.9. The molecule has 0 fully saturated rings. The van der Waals surface area contributed by atoms with E-state index in [9.17, 15) is 9.59 Å². The molecule has 0 bridgehead atoms. The van der Waals surface area contributed by atoms with Crippen LogP contribution >= 0.6 is 0 Å². The van der Waals surface area contributed by atoms with Gasteiger partial charge in [-0.05, 0) is 35.2 Å². The lowest BCUT2D eigenvalue weighted by Crippen LogP contribution is -2.30. The van der Waals surface area contributed by atoms with E-state index in [0.29, 0.717) is 36.7 Å². The predicted octanol–water partition coefficient (Wildman–Crippen LogP) is 4.28. The van der Waals surface area contributed by atoms with Gasteiger partial charge in [0.2, 0.25) is 5.95 Å². The Kier molecular flexibility index (Phi) is 7.26. The van der Waals surface area contributed by atoms with E-state index in [2.05, 4.69) is 27.4 Å². The molecule has 0 atom stereocenters. The van der Waals surface area contributed by atoms with Crippen molar-refractivity contribution in [2.24, 2.45) is 0 Å². The molecule has 38 heavy (non-hydrogen) atoms. The van der Waals surface area contributed by atoms with Gasteiger partial charge in [0.25, 0.3) is 5.56 Å². The highest BCUT2D eigenvalue weighted by Crippen LogP contribution is 2.30. The molecule has 0 radical (unpaired) electrons. The third-order valence-electron chi connectivity index (χ3n) is 6.37. The summed E-state index contributed by atoms with van der Waals surface area (Å²) in [5.41, 5.74) is 5.85. The van der Waals surface area contributed by atoms with Crippen molar-refractivity contribution >= 4 is 5.95 Å². The number of nitrogens with zero attached hydrogens (tertiary/aromatic N) is 4. The van der Waals surface area contributed by atoms with Crippen molar-refractivity contribution in [3.05, 3.63) is 116 Å². The minimum atomic E-state index is -0.598. The average Bonchev–Trinajstić information content (AvgIpc) is 3.39. The zero-order chi connectivity index (χ0) is 26.5. The van der Waals surface area contributed by atoms with Crippen molar-refractivity contribution in [1.82, 2.24) is 24.7 Å². The van der Waals surface area contributed by atoms with Crippen LogP contribution in [-0.2, 0) is 19.4 Å². The minimum absolute atomic E-state index is 0.0668. The van der Waals surface area contributed by atoms with Gasteiger partial charge < -0.3 is 5.32 Å². The number of hydrogen-bond acceptors (Lipinski definition) is 7. The Morgan fingerprint density at radius 2 is 1.74 bits per heavy atom. The summed E-state index contributed by atoms with van der Waals surface area (Å²) in [6.07, 6.45) is 3.78. The first-order chi connectivity index (χ1) is 18.6. The quantitative estimate of drug-likeness (QED) is 0.305. The second kappa shape index (κ2) is 11.1. The monoisotopic (exact) mass is 508 g/mol. The molecule has 0 amide bonds. The summed E-state index contributed by atoms with van der Waals surface area (Å²) in [6, 6.07) is 21.4. The molecule has 3 heterocycles. The fraction of sp³-hybridized carbons (Fsp3) is 0.207. The van der Waals surface area contributed by atoms with Crippen molar-refractivity contribution in [3.63, 3.8) is 0 Å². The number of H-pyrrole nitrogens is 1. The number of aromatic amines is 1. The number of nitrogens with one attached hydrogen (secondary N) is 2. The van der Waals surface area contributed by atoms with Gasteiger partial charge in [-0.25, -0.2) is 9.78 Å². The highest BCUT2D eigenvalue weighted by molar-refractivity contribution is 5.80. The predicted molar refractivity (Wildman–Crippen MR) is 146 cm³/mol. The number of benzene rings is 2. The van der Waals surface area contributed by atoms with Crippen molar-refractivity contribution < 1.29 is 4.52 Å². The van der Waals surface area contributed by atoms with Crippen LogP contribution in [0, 0.1) is 0 Å². The van der Waals surface area contributed by atoms with Crippen LogP contribution in [0.2, 0.25) is 0 Å². The fourth-order valence-electron chi connectivity index (χ4n) is 4.54. The molecule has 3 aromatic heterocycles. The second-order valence-electron chi connectivity index (χ2n) is 8.94. The van der Waals surface area contributed by atoms with Gasteiger partial charge in [-0.15, -0.1) is 0 Å². The smallest absolute Gasteiger partial charge is 0.359 e. The van der Waals surface area contributed by atoms with Crippen LogP contribution in [0.25, 0.3) is 22.5 Å². The maximum atomic E-state index is 13.8. The first-order valence-corrected chi connectivity index (χ1v) is 12.5. The van der Waals surface area contributed by atoms with E-state index in [-0.39, 0.29) is 5.56 Å². The molecule has 0 saturated carbocycles. The highest BCUT2D eigenvalue weighted by Gasteiger charge is 2.17. The van der Waals surface area contributed by atoms with E-state index in [1.807, 2.05) is 66.7 Å². The molecular formula is C29H28N6O3. The highest BCUT2D eigenvalue weighted by atomic mass is 16.5. The van der Waals surface area contributed by atoms with Crippen LogP contribution in [0.4, 0.5) is 5.95 Å². The number of aromatic nitrogens is 5. The molecule has 0 aliphatic heterocycles. The van der Waals surface area contributed by atoms with E-state index in [1.165, 1.54) is 0 Å². The molecule has 0 spiro atoms. The standard InChI is InChI=1S/C29H28N6O3/c1-3-8-25-24(27(36)35(28(30-2)32-25)18-21-9-6-7-16-31-21)17-19-12-14-20(15-13-19)22-10-4-5-11-23(22)26-33-29(37)38-34-26/h4-7,9-16H,3,8,17-18H2,1-2H3,(H,30,32)(H,33,34,37). The zero-order valence-electron chi connectivity index (χ0n) is 21.3. The van der Waals surface area contributed by atoms with Gasteiger partial charge in [-0.3, -0.25) is 23.9 Å². The fourth-order valence-corrected chi connectivity index (χ4v) is 4.54. The summed E-state index contributed by atoms with van der Waals surface area (Å²) in [4.78, 5) is 37.1. The van der Waals surface area contributed by atoms with Gasteiger partial charge in [0, 0.05) is 30.8 Å². The lowest BCUT2D eigenvalue weighted by Gasteiger charge is -2.17. The van der Waals surface area contributed by atoms with Crippen LogP contribution in [0.1, 0.15) is 35.9 Å². The van der Waals surface area contributed by atoms with E-state index >= 15 is 0 Å². The molecule has 0 saturated heterocycles. The van der Waals surface area contributed by atoms with Crippen LogP contribution in [0.15, 0.2) is 87.0 Å². The Morgan fingerprint density at radius 3 is 2.39 bits per heavy atom. The molecule has 5 aromatic rings. The minimum Gasteiger partial charge on any atom is -0.359 e. The summed E-state index contributed by atoms with van der Waals surface area (Å²) in [5.74, 6) is 0.313. The number of aryl methyl sites for hydroxylation is 1. The third-order valence-corrected chi connectivity index (χ3v) is 6.37. The maximum absolute atomic E-state index is 13.8. The van der Waals surface area contributed by atoms with Gasteiger partial charge in [0.05, 0.1) is 17.9 Å². The molecule has 0 unspecified atom stereocenters. The van der Waals surface area contributed by atoms with Crippen molar-refractivity contribution in [2.75, 3.05) is 12.4 Å². The first-order valence-electron chi connectivity index (χ1n) is 12.5. The van der Waals surface area contributed by atoms with Crippen molar-refractivity contribution in [1.29, 1.82) is 0 Å². The van der Waals surface area contributed by atoms with Crippen molar-refractivity contribution in [2.45, 2.75) is 32.7 Å². The van der Waals surface area contributed by atoms with Crippen molar-refractivity contribution in [3.8, 4) is 22.5 Å². The van der Waals surface area contributed by atoms with Crippen LogP contribution in [0.5, 0.6) is 0 Å². The summed E-state index contributed by atoms with van der Waals surface area (Å²) in [7, 11) is 1.78. The second-order valence-corrected chi connectivity index (χ2v) is 8.94. The van der Waals surface area contributed by atoms with E-state index in [0.717, 1.165) is 40.1 Å². The normalized spacial score (nSPS) is 11.0. The molecule has 2 N–H and O–H groups in total. The molecule has 2 aromatic carbocycles. The Balaban J connectivity index is 1.49. The Morgan fingerprint density at radius 1 is 0.974 bits per heavy atom. The Labute approximate surface area is 219 Å². The van der Waals surface area contributed by atoms with Crippen LogP contribution in [0.3, 0.4) is 0 Å². The molecule has 5 rings (SSSR count). The number of pyridine rings is 1. The Bertz CT molecular complexity index is 1650. The van der Waals surface area contributed by atoms with Crippen LogP contribution in [-0.4, -0.2) is 31.7 Å². The third kappa shape index (κ3) is 5.17. The van der Waals surface area contributed by atoms with Gasteiger partial charge in [0.1, 0.15) is 0 Å². The van der Waals surface area contributed by atoms with Gasteiger partial charge in [-0.2, -0.15) is 0 Å². The lowest BCUT2D eigenvalue weighted by atomic mass is 9.96. The number of rotatable bonds is 9. The summed E-state index contributed by atoms with van der Waals surface area (Å²) >= 11 is 0. The molecule has 0 aliphatic rings. The van der Waals surface area contributed by atoms with E-state index in [4.69, 9.17) is 9.51 Å². The summed E-state index contributed by atoms with van der Waals surface area (Å²) < 4.78 is 6.35. The molecule has 192 valence electrons. The number of anilines is 1. The summed E-state index contributed by atoms with van der Waals surface area (Å²) in [5, 5.41) is 6.92. The van der Waals surface area contributed by atoms with Gasteiger partial charge >= 0.3 is 5.76 Å². The van der Waals surface area contributed by atoms with Gasteiger partial charge in [0.15, 0.2) is 5.82 Å². The maximum Gasteiger partial charge on any atom is 0.439 e.